The van der Waals surface area contributed by atoms with E-state index < -0.39 is 39.9 Å². The average molecular weight is 465 g/mol. The Balaban J connectivity index is 3.07. The number of halogens is 6. The van der Waals surface area contributed by atoms with Gasteiger partial charge in [0, 0.05) is 6.92 Å². The molecule has 0 amide bonds. The Morgan fingerprint density at radius 1 is 1.00 bits per heavy atom. The van der Waals surface area contributed by atoms with Gasteiger partial charge in [0.1, 0.15) is 5.76 Å². The smallest absolute Gasteiger partial charge is 0.378 e. The van der Waals surface area contributed by atoms with Crippen molar-refractivity contribution in [2.75, 3.05) is 0 Å². The summed E-state index contributed by atoms with van der Waals surface area (Å²) >= 11 is 0. The highest BCUT2D eigenvalue weighted by Crippen LogP contribution is 2.49. The number of allylic oxidation sites excluding steroid dienone is 3. The number of rotatable bonds is 7. The lowest BCUT2D eigenvalue weighted by Crippen LogP contribution is -2.56. The van der Waals surface area contributed by atoms with E-state index >= 15 is 0 Å². The third-order valence-electron chi connectivity index (χ3n) is 5.00. The summed E-state index contributed by atoms with van der Waals surface area (Å²) in [4.78, 5) is 0. The van der Waals surface area contributed by atoms with Crippen LogP contribution in [0.15, 0.2) is 24.0 Å². The fraction of sp³-hybridized carbons (Fsp3) is 0.800. The molecular weight excluding hydrogens is 434 g/mol. The lowest BCUT2D eigenvalue weighted by Gasteiger charge is -2.40. The highest BCUT2D eigenvalue weighted by molar-refractivity contribution is 7.88. The molecule has 30 heavy (non-hydrogen) atoms. The van der Waals surface area contributed by atoms with Gasteiger partial charge in [0.05, 0.1) is 0 Å². The largest absolute Gasteiger partial charge is 0.449 e. The van der Waals surface area contributed by atoms with E-state index in [1.165, 1.54) is 6.08 Å². The summed E-state index contributed by atoms with van der Waals surface area (Å²) in [6, 6.07) is 0. The molecule has 0 bridgehead atoms. The number of alkyl halides is 6. The topological polar surface area (TPSA) is 43.4 Å². The third-order valence-corrected chi connectivity index (χ3v) is 6.29. The van der Waals surface area contributed by atoms with Crippen LogP contribution in [0.5, 0.6) is 0 Å². The van der Waals surface area contributed by atoms with Crippen LogP contribution < -0.4 is 0 Å². The van der Waals surface area contributed by atoms with Crippen molar-refractivity contribution in [1.29, 1.82) is 0 Å². The van der Waals surface area contributed by atoms with E-state index in [2.05, 4.69) is 25.0 Å². The van der Waals surface area contributed by atoms with Crippen molar-refractivity contribution >= 4 is 10.1 Å². The monoisotopic (exact) mass is 464 g/mol. The van der Waals surface area contributed by atoms with Crippen LogP contribution in [-0.2, 0) is 14.3 Å². The van der Waals surface area contributed by atoms with Crippen molar-refractivity contribution in [3.63, 3.8) is 0 Å². The Hall–Kier alpha value is -1.19. The van der Waals surface area contributed by atoms with Gasteiger partial charge < -0.3 is 4.18 Å². The lowest BCUT2D eigenvalue weighted by molar-refractivity contribution is -0.273. The van der Waals surface area contributed by atoms with E-state index in [0.29, 0.717) is 0 Å². The first-order chi connectivity index (χ1) is 13.0. The van der Waals surface area contributed by atoms with Crippen LogP contribution in [-0.4, -0.2) is 25.5 Å². The zero-order chi connectivity index (χ0) is 24.0. The fourth-order valence-electron chi connectivity index (χ4n) is 3.33. The minimum Gasteiger partial charge on any atom is -0.378 e. The Labute approximate surface area is 174 Å². The second kappa shape index (κ2) is 8.06. The summed E-state index contributed by atoms with van der Waals surface area (Å²) in [6.07, 6.45) is 4.93. The van der Waals surface area contributed by atoms with Crippen LogP contribution in [0.3, 0.4) is 0 Å². The van der Waals surface area contributed by atoms with Gasteiger partial charge in [-0.2, -0.15) is 34.8 Å². The molecule has 0 saturated heterocycles. The molecule has 3 nitrogen and oxygen atoms in total. The quantitative estimate of drug-likeness (QED) is 0.308. The van der Waals surface area contributed by atoms with Crippen LogP contribution in [0.25, 0.3) is 0 Å². The van der Waals surface area contributed by atoms with Crippen LogP contribution in [0, 0.1) is 22.7 Å². The fourth-order valence-corrected chi connectivity index (χ4v) is 4.30. The molecule has 0 heterocycles. The molecule has 10 heteroatoms. The maximum Gasteiger partial charge on any atom is 0.449 e. The summed E-state index contributed by atoms with van der Waals surface area (Å²) in [5, 5.41) is -6.12. The predicted octanol–water partition coefficient (Wildman–Crippen LogP) is 6.77. The molecular formula is C20H30F6O3S. The SMILES string of the molecule is CC(C)(C)CC(C1C=CC(OS(=O)(=O)C(F)(F)C(F)(F)C(C)(F)F)=CC1)C(C)(C)C. The van der Waals surface area contributed by atoms with E-state index in [-0.39, 0.29) is 29.1 Å². The first-order valence-corrected chi connectivity index (χ1v) is 10.9. The van der Waals surface area contributed by atoms with Gasteiger partial charge in [-0.1, -0.05) is 47.6 Å². The van der Waals surface area contributed by atoms with Crippen molar-refractivity contribution in [2.24, 2.45) is 22.7 Å². The molecule has 0 spiro atoms. The van der Waals surface area contributed by atoms with E-state index in [4.69, 9.17) is 0 Å². The second-order valence-corrected chi connectivity index (χ2v) is 11.7. The third kappa shape index (κ3) is 5.73. The summed E-state index contributed by atoms with van der Waals surface area (Å²) in [5.41, 5.74) is -0.128. The van der Waals surface area contributed by atoms with Crippen molar-refractivity contribution < 1.29 is 38.9 Å². The Morgan fingerprint density at radius 2 is 1.50 bits per heavy atom. The van der Waals surface area contributed by atoms with Crippen LogP contribution in [0.1, 0.15) is 61.3 Å². The van der Waals surface area contributed by atoms with E-state index in [1.807, 2.05) is 20.8 Å². The zero-order valence-electron chi connectivity index (χ0n) is 18.2. The number of hydrogen-bond acceptors (Lipinski definition) is 3. The first-order valence-electron chi connectivity index (χ1n) is 9.49. The molecule has 0 aromatic rings. The Kier molecular flexibility index (Phi) is 7.21. The average Bonchev–Trinajstić information content (AvgIpc) is 2.50. The summed E-state index contributed by atoms with van der Waals surface area (Å²) < 4.78 is 108. The van der Waals surface area contributed by atoms with Gasteiger partial charge in [0.15, 0.2) is 0 Å². The highest BCUT2D eigenvalue weighted by Gasteiger charge is 2.76. The van der Waals surface area contributed by atoms with Gasteiger partial charge in [-0.3, -0.25) is 0 Å². The molecule has 2 unspecified atom stereocenters. The van der Waals surface area contributed by atoms with Crippen molar-refractivity contribution in [3.8, 4) is 0 Å². The van der Waals surface area contributed by atoms with Crippen LogP contribution in [0.2, 0.25) is 0 Å². The van der Waals surface area contributed by atoms with Gasteiger partial charge in [-0.05, 0) is 47.7 Å². The predicted molar refractivity (Wildman–Crippen MR) is 103 cm³/mol. The molecule has 1 rings (SSSR count). The molecule has 0 saturated carbocycles. The van der Waals surface area contributed by atoms with Gasteiger partial charge in [-0.15, -0.1) is 0 Å². The van der Waals surface area contributed by atoms with Gasteiger partial charge >= 0.3 is 27.2 Å². The molecule has 1 aliphatic rings. The lowest BCUT2D eigenvalue weighted by atomic mass is 9.65. The standard InChI is InChI=1S/C20H30F6O3S/c1-16(2,3)12-15(17(4,5)6)13-8-10-14(11-9-13)29-30(27,28)20(25,26)19(23,24)18(7,21)22/h8,10-11,13,15H,9,12H2,1-7H3. The molecule has 0 aromatic heterocycles. The molecule has 0 fully saturated rings. The van der Waals surface area contributed by atoms with Gasteiger partial charge in [0.25, 0.3) is 0 Å². The van der Waals surface area contributed by atoms with E-state index in [9.17, 15) is 34.8 Å². The molecule has 176 valence electrons. The minimum atomic E-state index is -6.38. The normalized spacial score (nSPS) is 20.7. The van der Waals surface area contributed by atoms with Crippen LogP contribution in [0.4, 0.5) is 26.3 Å². The molecule has 0 radical (unpaired) electrons. The molecule has 0 aromatic carbocycles. The number of hydrogen-bond donors (Lipinski definition) is 0. The van der Waals surface area contributed by atoms with Crippen LogP contribution >= 0.6 is 0 Å². The molecule has 0 aliphatic heterocycles. The second-order valence-electron chi connectivity index (χ2n) is 10.1. The van der Waals surface area contributed by atoms with Gasteiger partial charge in [0.2, 0.25) is 0 Å². The van der Waals surface area contributed by atoms with Gasteiger partial charge in [-0.25, -0.2) is 0 Å². The summed E-state index contributed by atoms with van der Waals surface area (Å²) in [7, 11) is -6.38. The van der Waals surface area contributed by atoms with E-state index in [1.54, 1.807) is 6.08 Å². The molecule has 0 N–H and O–H groups in total. The first kappa shape index (κ1) is 26.8. The highest BCUT2D eigenvalue weighted by atomic mass is 32.2. The zero-order valence-corrected chi connectivity index (χ0v) is 19.0. The van der Waals surface area contributed by atoms with E-state index in [0.717, 1.165) is 12.5 Å². The Morgan fingerprint density at radius 3 is 1.83 bits per heavy atom. The summed E-state index contributed by atoms with van der Waals surface area (Å²) in [5.74, 6) is -12.0. The maximum absolute atomic E-state index is 13.8. The maximum atomic E-state index is 13.8. The minimum absolute atomic E-state index is 0.00532. The summed E-state index contributed by atoms with van der Waals surface area (Å²) in [6.45, 7) is 11.9. The van der Waals surface area contributed by atoms with Crippen molar-refractivity contribution in [2.45, 2.75) is 78.4 Å². The van der Waals surface area contributed by atoms with Crippen molar-refractivity contribution in [1.82, 2.24) is 0 Å². The van der Waals surface area contributed by atoms with Crippen molar-refractivity contribution in [3.05, 3.63) is 24.0 Å². The Bertz CT molecular complexity index is 781. The molecule has 2 atom stereocenters. The molecule has 1 aliphatic carbocycles.